The molecule has 0 aliphatic carbocycles. The number of thiophene rings is 1. The van der Waals surface area contributed by atoms with Crippen molar-refractivity contribution < 1.29 is 14.3 Å². The molecule has 1 aliphatic rings. The first kappa shape index (κ1) is 13.4. The molecular formula is C11H13BrN2O3S. The minimum Gasteiger partial charge on any atom is -0.453 e. The molecule has 2 amide bonds. The highest BCUT2D eigenvalue weighted by Gasteiger charge is 2.28. The SMILES string of the molecule is COC(=O)N1CC[C@H](NC(=O)c2sccc2Br)C1. The van der Waals surface area contributed by atoms with Gasteiger partial charge in [0.1, 0.15) is 4.88 Å². The second-order valence-electron chi connectivity index (χ2n) is 3.97. The fraction of sp³-hybridized carbons (Fsp3) is 0.455. The van der Waals surface area contributed by atoms with E-state index in [1.807, 2.05) is 11.4 Å². The summed E-state index contributed by atoms with van der Waals surface area (Å²) in [7, 11) is 1.36. The predicted octanol–water partition coefficient (Wildman–Crippen LogP) is 2.08. The van der Waals surface area contributed by atoms with Crippen molar-refractivity contribution in [3.63, 3.8) is 0 Å². The van der Waals surface area contributed by atoms with Gasteiger partial charge in [-0.05, 0) is 33.8 Å². The maximum Gasteiger partial charge on any atom is 0.409 e. The fourth-order valence-corrected chi connectivity index (χ4v) is 3.33. The summed E-state index contributed by atoms with van der Waals surface area (Å²) in [6, 6.07) is 1.83. The van der Waals surface area contributed by atoms with Crippen molar-refractivity contribution >= 4 is 39.3 Å². The van der Waals surface area contributed by atoms with E-state index in [2.05, 4.69) is 26.0 Å². The average Bonchev–Trinajstić information content (AvgIpc) is 2.97. The highest BCUT2D eigenvalue weighted by molar-refractivity contribution is 9.10. The summed E-state index contributed by atoms with van der Waals surface area (Å²) in [5.74, 6) is -0.103. The second kappa shape index (κ2) is 5.71. The van der Waals surface area contributed by atoms with Gasteiger partial charge in [-0.2, -0.15) is 0 Å². The number of carbonyl (C=O) groups excluding carboxylic acids is 2. The monoisotopic (exact) mass is 332 g/mol. The Hall–Kier alpha value is -1.08. The molecule has 1 N–H and O–H groups in total. The highest BCUT2D eigenvalue weighted by Crippen LogP contribution is 2.23. The number of likely N-dealkylation sites (tertiary alicyclic amines) is 1. The molecule has 18 heavy (non-hydrogen) atoms. The normalized spacial score (nSPS) is 18.8. The number of nitrogens with one attached hydrogen (secondary N) is 1. The van der Waals surface area contributed by atoms with Gasteiger partial charge < -0.3 is 15.0 Å². The third kappa shape index (κ3) is 2.84. The first-order chi connectivity index (χ1) is 8.61. The van der Waals surface area contributed by atoms with Crippen molar-refractivity contribution in [2.75, 3.05) is 20.2 Å². The molecule has 1 atom stereocenters. The maximum absolute atomic E-state index is 12.0. The molecule has 1 aliphatic heterocycles. The number of amides is 2. The van der Waals surface area contributed by atoms with E-state index in [1.54, 1.807) is 4.90 Å². The van der Waals surface area contributed by atoms with E-state index in [4.69, 9.17) is 0 Å². The number of ether oxygens (including phenoxy) is 1. The number of halogens is 1. The summed E-state index contributed by atoms with van der Waals surface area (Å²) in [5.41, 5.74) is 0. The molecule has 0 bridgehead atoms. The Labute approximate surface area is 117 Å². The third-order valence-electron chi connectivity index (χ3n) is 2.78. The molecule has 0 aromatic carbocycles. The lowest BCUT2D eigenvalue weighted by atomic mass is 10.2. The van der Waals surface area contributed by atoms with Crippen LogP contribution in [0, 0.1) is 0 Å². The van der Waals surface area contributed by atoms with Crippen LogP contribution in [0.1, 0.15) is 16.1 Å². The molecule has 1 saturated heterocycles. The van der Waals surface area contributed by atoms with E-state index in [0.29, 0.717) is 18.0 Å². The van der Waals surface area contributed by atoms with Gasteiger partial charge in [0.05, 0.1) is 7.11 Å². The van der Waals surface area contributed by atoms with Gasteiger partial charge in [-0.15, -0.1) is 11.3 Å². The molecule has 1 fully saturated rings. The molecule has 5 nitrogen and oxygen atoms in total. The summed E-state index contributed by atoms with van der Waals surface area (Å²) < 4.78 is 5.45. The van der Waals surface area contributed by atoms with Crippen LogP contribution in [-0.2, 0) is 4.74 Å². The lowest BCUT2D eigenvalue weighted by Crippen LogP contribution is -2.38. The highest BCUT2D eigenvalue weighted by atomic mass is 79.9. The molecule has 2 heterocycles. The summed E-state index contributed by atoms with van der Waals surface area (Å²) >= 11 is 4.72. The van der Waals surface area contributed by atoms with Crippen LogP contribution >= 0.6 is 27.3 Å². The first-order valence-corrected chi connectivity index (χ1v) is 7.16. The number of nitrogens with zero attached hydrogens (tertiary/aromatic N) is 1. The number of carbonyl (C=O) groups is 2. The van der Waals surface area contributed by atoms with Crippen LogP contribution in [0.15, 0.2) is 15.9 Å². The van der Waals surface area contributed by atoms with Gasteiger partial charge in [-0.1, -0.05) is 0 Å². The molecule has 7 heteroatoms. The molecule has 1 aromatic heterocycles. The zero-order valence-electron chi connectivity index (χ0n) is 9.81. The molecule has 2 rings (SSSR count). The Morgan fingerprint density at radius 2 is 2.39 bits per heavy atom. The minimum atomic E-state index is -0.343. The van der Waals surface area contributed by atoms with Crippen molar-refractivity contribution in [2.45, 2.75) is 12.5 Å². The number of hydrogen-bond donors (Lipinski definition) is 1. The van der Waals surface area contributed by atoms with Crippen molar-refractivity contribution in [1.29, 1.82) is 0 Å². The van der Waals surface area contributed by atoms with E-state index in [1.165, 1.54) is 18.4 Å². The zero-order valence-corrected chi connectivity index (χ0v) is 12.2. The fourth-order valence-electron chi connectivity index (χ4n) is 1.88. The standard InChI is InChI=1S/C11H13BrN2O3S/c1-17-11(16)14-4-2-7(6-14)13-10(15)9-8(12)3-5-18-9/h3,5,7H,2,4,6H2,1H3,(H,13,15)/t7-/m0/s1. The molecule has 0 saturated carbocycles. The van der Waals surface area contributed by atoms with Crippen LogP contribution < -0.4 is 5.32 Å². The first-order valence-electron chi connectivity index (χ1n) is 5.48. The van der Waals surface area contributed by atoms with Gasteiger partial charge in [0.2, 0.25) is 0 Å². The number of rotatable bonds is 2. The Morgan fingerprint density at radius 1 is 1.61 bits per heavy atom. The summed E-state index contributed by atoms with van der Waals surface area (Å²) in [5, 5.41) is 4.78. The van der Waals surface area contributed by atoms with Crippen LogP contribution in [0.2, 0.25) is 0 Å². The van der Waals surface area contributed by atoms with Crippen molar-refractivity contribution in [3.05, 3.63) is 20.8 Å². The summed E-state index contributed by atoms with van der Waals surface area (Å²) in [6.07, 6.45) is 0.410. The van der Waals surface area contributed by atoms with Gasteiger partial charge in [0, 0.05) is 23.6 Å². The second-order valence-corrected chi connectivity index (χ2v) is 5.74. The quantitative estimate of drug-likeness (QED) is 0.902. The van der Waals surface area contributed by atoms with Crippen molar-refractivity contribution in [3.8, 4) is 0 Å². The Morgan fingerprint density at radius 3 is 3.00 bits per heavy atom. The Bertz CT molecular complexity index is 463. The summed E-state index contributed by atoms with van der Waals surface area (Å²) in [6.45, 7) is 1.12. The van der Waals surface area contributed by atoms with Crippen LogP contribution in [0.5, 0.6) is 0 Å². The van der Waals surface area contributed by atoms with Crippen LogP contribution in [-0.4, -0.2) is 43.1 Å². The van der Waals surface area contributed by atoms with Crippen LogP contribution in [0.4, 0.5) is 4.79 Å². The lowest BCUT2D eigenvalue weighted by Gasteiger charge is -2.15. The molecule has 0 radical (unpaired) electrons. The Kier molecular flexibility index (Phi) is 4.23. The van der Waals surface area contributed by atoms with E-state index in [-0.39, 0.29) is 18.0 Å². The zero-order chi connectivity index (χ0) is 13.1. The van der Waals surface area contributed by atoms with Gasteiger partial charge in [-0.3, -0.25) is 4.79 Å². The average molecular weight is 333 g/mol. The van der Waals surface area contributed by atoms with Crippen LogP contribution in [0.3, 0.4) is 0 Å². The van der Waals surface area contributed by atoms with E-state index in [9.17, 15) is 9.59 Å². The molecule has 1 aromatic rings. The van der Waals surface area contributed by atoms with Crippen molar-refractivity contribution in [1.82, 2.24) is 10.2 Å². The van der Waals surface area contributed by atoms with Gasteiger partial charge in [0.25, 0.3) is 5.91 Å². The minimum absolute atomic E-state index is 0.00870. The molecule has 0 spiro atoms. The number of methoxy groups -OCH3 is 1. The largest absolute Gasteiger partial charge is 0.453 e. The smallest absolute Gasteiger partial charge is 0.409 e. The van der Waals surface area contributed by atoms with E-state index in [0.717, 1.165) is 10.9 Å². The third-order valence-corrected chi connectivity index (χ3v) is 4.62. The molecule has 0 unspecified atom stereocenters. The maximum atomic E-state index is 12.0. The molecular weight excluding hydrogens is 320 g/mol. The Balaban J connectivity index is 1.90. The van der Waals surface area contributed by atoms with Crippen LogP contribution in [0.25, 0.3) is 0 Å². The predicted molar refractivity (Wildman–Crippen MR) is 71.9 cm³/mol. The van der Waals surface area contributed by atoms with Crippen molar-refractivity contribution in [2.24, 2.45) is 0 Å². The van der Waals surface area contributed by atoms with E-state index < -0.39 is 0 Å². The van der Waals surface area contributed by atoms with E-state index >= 15 is 0 Å². The molecule has 98 valence electrons. The van der Waals surface area contributed by atoms with Gasteiger partial charge in [-0.25, -0.2) is 4.79 Å². The number of hydrogen-bond acceptors (Lipinski definition) is 4. The van der Waals surface area contributed by atoms with Gasteiger partial charge >= 0.3 is 6.09 Å². The topological polar surface area (TPSA) is 58.6 Å². The summed E-state index contributed by atoms with van der Waals surface area (Å²) in [4.78, 5) is 25.5. The van der Waals surface area contributed by atoms with Gasteiger partial charge in [0.15, 0.2) is 0 Å². The lowest BCUT2D eigenvalue weighted by molar-refractivity contribution is 0.0937.